The molecular weight excluding hydrogens is 194 g/mol. The van der Waals surface area contributed by atoms with Crippen LogP contribution in [0.5, 0.6) is 0 Å². The van der Waals surface area contributed by atoms with Gasteiger partial charge in [0, 0.05) is 17.1 Å². The molecule has 1 heterocycles. The molecule has 84 valence electrons. The first-order chi connectivity index (χ1) is 7.86. The molecule has 2 aliphatic rings. The lowest BCUT2D eigenvalue weighted by molar-refractivity contribution is 0.664. The van der Waals surface area contributed by atoms with E-state index in [4.69, 9.17) is 0 Å². The molecule has 1 aromatic heterocycles. The van der Waals surface area contributed by atoms with Gasteiger partial charge in [-0.05, 0) is 63.2 Å². The van der Waals surface area contributed by atoms with Gasteiger partial charge in [-0.15, -0.1) is 0 Å². The first-order valence-electron chi connectivity index (χ1n) is 6.43. The van der Waals surface area contributed by atoms with Crippen LogP contribution in [-0.2, 0) is 12.8 Å². The number of fused-ring (bicyclic) bond motifs is 1. The van der Waals surface area contributed by atoms with Crippen LogP contribution in [0, 0.1) is 6.92 Å². The zero-order valence-electron chi connectivity index (χ0n) is 10.00. The minimum absolute atomic E-state index is 1.19. The Kier molecular flexibility index (Phi) is 2.47. The molecule has 1 aromatic rings. The third-order valence-corrected chi connectivity index (χ3v) is 3.72. The molecular formula is C15H19N. The van der Waals surface area contributed by atoms with Crippen molar-refractivity contribution in [1.82, 2.24) is 4.57 Å². The van der Waals surface area contributed by atoms with E-state index in [0.29, 0.717) is 0 Å². The Hall–Kier alpha value is -1.24. The largest absolute Gasteiger partial charge is 0.318 e. The highest BCUT2D eigenvalue weighted by Gasteiger charge is 2.17. The van der Waals surface area contributed by atoms with Crippen molar-refractivity contribution in [3.63, 3.8) is 0 Å². The van der Waals surface area contributed by atoms with Gasteiger partial charge in [-0.3, -0.25) is 0 Å². The highest BCUT2D eigenvalue weighted by molar-refractivity contribution is 5.62. The average molecular weight is 213 g/mol. The molecule has 0 saturated carbocycles. The Morgan fingerprint density at radius 2 is 2.00 bits per heavy atom. The van der Waals surface area contributed by atoms with Gasteiger partial charge in [-0.25, -0.2) is 0 Å². The smallest absolute Gasteiger partial charge is 0.0412 e. The molecule has 1 heteroatoms. The fraction of sp³-hybridized carbons (Fsp3) is 0.467. The summed E-state index contributed by atoms with van der Waals surface area (Å²) in [6.45, 7) is 2.24. The molecule has 0 fully saturated rings. The second-order valence-corrected chi connectivity index (χ2v) is 4.91. The lowest BCUT2D eigenvalue weighted by Gasteiger charge is -2.18. The molecule has 0 atom stereocenters. The minimum Gasteiger partial charge on any atom is -0.318 e. The van der Waals surface area contributed by atoms with Crippen LogP contribution < -0.4 is 0 Å². The summed E-state index contributed by atoms with van der Waals surface area (Å²) >= 11 is 0. The van der Waals surface area contributed by atoms with Gasteiger partial charge in [0.25, 0.3) is 0 Å². The summed E-state index contributed by atoms with van der Waals surface area (Å²) in [6, 6.07) is 2.39. The first kappa shape index (κ1) is 9.95. The predicted octanol–water partition coefficient (Wildman–Crippen LogP) is 3.87. The third kappa shape index (κ3) is 1.55. The van der Waals surface area contributed by atoms with E-state index in [1.165, 1.54) is 49.9 Å². The summed E-state index contributed by atoms with van der Waals surface area (Å²) in [5.74, 6) is 0. The van der Waals surface area contributed by atoms with Gasteiger partial charge in [0.2, 0.25) is 0 Å². The molecule has 16 heavy (non-hydrogen) atoms. The molecule has 2 aliphatic carbocycles. The van der Waals surface area contributed by atoms with Crippen molar-refractivity contribution in [3.05, 3.63) is 41.2 Å². The van der Waals surface area contributed by atoms with Crippen molar-refractivity contribution in [1.29, 1.82) is 0 Å². The van der Waals surface area contributed by atoms with Crippen molar-refractivity contribution in [2.75, 3.05) is 0 Å². The molecule has 0 saturated heterocycles. The molecule has 0 spiro atoms. The van der Waals surface area contributed by atoms with E-state index in [0.717, 1.165) is 0 Å². The molecule has 0 N–H and O–H groups in total. The second kappa shape index (κ2) is 3.97. The van der Waals surface area contributed by atoms with Crippen LogP contribution in [-0.4, -0.2) is 4.57 Å². The van der Waals surface area contributed by atoms with E-state index >= 15 is 0 Å². The highest BCUT2D eigenvalue weighted by Crippen LogP contribution is 2.29. The maximum atomic E-state index is 2.48. The Balaban J connectivity index is 2.09. The monoisotopic (exact) mass is 213 g/mol. The third-order valence-electron chi connectivity index (χ3n) is 3.72. The van der Waals surface area contributed by atoms with E-state index in [1.54, 1.807) is 11.3 Å². The number of rotatable bonds is 1. The number of aromatic nitrogens is 1. The fourth-order valence-corrected chi connectivity index (χ4v) is 2.98. The van der Waals surface area contributed by atoms with Crippen LogP contribution >= 0.6 is 0 Å². The number of allylic oxidation sites excluding steroid dienone is 4. The van der Waals surface area contributed by atoms with Crippen molar-refractivity contribution in [2.24, 2.45) is 0 Å². The van der Waals surface area contributed by atoms with E-state index in [9.17, 15) is 0 Å². The minimum atomic E-state index is 1.19. The summed E-state index contributed by atoms with van der Waals surface area (Å²) in [6.07, 6.45) is 14.6. The molecule has 0 radical (unpaired) electrons. The normalized spacial score (nSPS) is 19.4. The number of aryl methyl sites for hydroxylation is 2. The summed E-state index contributed by atoms with van der Waals surface area (Å²) < 4.78 is 2.48. The topological polar surface area (TPSA) is 4.93 Å². The summed E-state index contributed by atoms with van der Waals surface area (Å²) in [5, 5.41) is 0. The Labute approximate surface area is 97.5 Å². The van der Waals surface area contributed by atoms with E-state index in [-0.39, 0.29) is 0 Å². The lowest BCUT2D eigenvalue weighted by Crippen LogP contribution is -2.08. The van der Waals surface area contributed by atoms with Gasteiger partial charge >= 0.3 is 0 Å². The second-order valence-electron chi connectivity index (χ2n) is 4.91. The maximum absolute atomic E-state index is 2.48. The fourth-order valence-electron chi connectivity index (χ4n) is 2.98. The lowest BCUT2D eigenvalue weighted by atomic mass is 9.98. The van der Waals surface area contributed by atoms with E-state index < -0.39 is 0 Å². The Morgan fingerprint density at radius 3 is 2.81 bits per heavy atom. The molecule has 0 amide bonds. The predicted molar refractivity (Wildman–Crippen MR) is 68.5 cm³/mol. The maximum Gasteiger partial charge on any atom is 0.0412 e. The van der Waals surface area contributed by atoms with Gasteiger partial charge in [0.15, 0.2) is 0 Å². The van der Waals surface area contributed by atoms with Crippen LogP contribution in [0.15, 0.2) is 24.3 Å². The quantitative estimate of drug-likeness (QED) is 0.667. The Morgan fingerprint density at radius 1 is 1.12 bits per heavy atom. The summed E-state index contributed by atoms with van der Waals surface area (Å²) in [5.41, 5.74) is 5.96. The van der Waals surface area contributed by atoms with Crippen molar-refractivity contribution >= 4 is 5.70 Å². The van der Waals surface area contributed by atoms with E-state index in [1.807, 2.05) is 0 Å². The van der Waals surface area contributed by atoms with Crippen molar-refractivity contribution in [2.45, 2.75) is 45.4 Å². The number of hydrogen-bond donors (Lipinski definition) is 0. The number of hydrogen-bond acceptors (Lipinski definition) is 0. The van der Waals surface area contributed by atoms with Crippen molar-refractivity contribution in [3.8, 4) is 0 Å². The molecule has 0 bridgehead atoms. The van der Waals surface area contributed by atoms with Gasteiger partial charge in [-0.1, -0.05) is 12.2 Å². The molecule has 0 unspecified atom stereocenters. The SMILES string of the molecule is Cc1cc2c(n1C1=CCCC=C1)CCCC2. The van der Waals surface area contributed by atoms with Crippen LogP contribution in [0.4, 0.5) is 0 Å². The van der Waals surface area contributed by atoms with E-state index in [2.05, 4.69) is 35.8 Å². The zero-order valence-corrected chi connectivity index (χ0v) is 10.00. The Bertz CT molecular complexity index is 460. The zero-order chi connectivity index (χ0) is 11.0. The van der Waals surface area contributed by atoms with Gasteiger partial charge in [0.05, 0.1) is 0 Å². The average Bonchev–Trinajstić information content (AvgIpc) is 2.66. The van der Waals surface area contributed by atoms with Crippen LogP contribution in [0.2, 0.25) is 0 Å². The van der Waals surface area contributed by atoms with Crippen LogP contribution in [0.3, 0.4) is 0 Å². The van der Waals surface area contributed by atoms with Gasteiger partial charge < -0.3 is 4.57 Å². The van der Waals surface area contributed by atoms with Crippen LogP contribution in [0.25, 0.3) is 5.70 Å². The first-order valence-corrected chi connectivity index (χ1v) is 6.43. The standard InChI is InChI=1S/C15H19N/c1-12-11-13-7-5-6-10-15(13)16(12)14-8-3-2-4-9-14/h3,8-9,11H,2,4-7,10H2,1H3. The van der Waals surface area contributed by atoms with Gasteiger partial charge in [-0.2, -0.15) is 0 Å². The van der Waals surface area contributed by atoms with Crippen LogP contribution in [0.1, 0.15) is 42.6 Å². The summed E-state index contributed by atoms with van der Waals surface area (Å²) in [4.78, 5) is 0. The van der Waals surface area contributed by atoms with Gasteiger partial charge in [0.1, 0.15) is 0 Å². The molecule has 0 aliphatic heterocycles. The molecule has 0 aromatic carbocycles. The molecule has 1 nitrogen and oxygen atoms in total. The molecule has 3 rings (SSSR count). The highest BCUT2D eigenvalue weighted by atomic mass is 15.0. The summed E-state index contributed by atoms with van der Waals surface area (Å²) in [7, 11) is 0. The van der Waals surface area contributed by atoms with Crippen molar-refractivity contribution < 1.29 is 0 Å². The number of nitrogens with zero attached hydrogens (tertiary/aromatic N) is 1.